The second-order valence-electron chi connectivity index (χ2n) is 4.31. The van der Waals surface area contributed by atoms with Crippen LogP contribution in [0.4, 0.5) is 0 Å². The van der Waals surface area contributed by atoms with Gasteiger partial charge in [-0.25, -0.2) is 0 Å². The van der Waals surface area contributed by atoms with Gasteiger partial charge in [0.1, 0.15) is 5.75 Å². The number of ether oxygens (including phenoxy) is 1. The van der Waals surface area contributed by atoms with E-state index in [1.165, 1.54) is 5.57 Å². The zero-order chi connectivity index (χ0) is 12.3. The molecule has 0 aromatic heterocycles. The molecule has 0 unspecified atom stereocenters. The van der Waals surface area contributed by atoms with Crippen LogP contribution in [0, 0.1) is 0 Å². The Morgan fingerprint density at radius 3 is 2.82 bits per heavy atom. The van der Waals surface area contributed by atoms with Gasteiger partial charge in [0.15, 0.2) is 6.29 Å². The summed E-state index contributed by atoms with van der Waals surface area (Å²) < 4.78 is 5.21. The smallest absolute Gasteiger partial charge is 0.150 e. The Kier molecular flexibility index (Phi) is 3.59. The molecule has 1 aromatic rings. The number of rotatable bonds is 3. The van der Waals surface area contributed by atoms with Crippen molar-refractivity contribution < 1.29 is 9.53 Å². The van der Waals surface area contributed by atoms with Crippen molar-refractivity contribution in [2.45, 2.75) is 6.42 Å². The molecule has 0 fully saturated rings. The van der Waals surface area contributed by atoms with Gasteiger partial charge in [0.05, 0.1) is 7.11 Å². The van der Waals surface area contributed by atoms with Crippen molar-refractivity contribution in [1.82, 2.24) is 4.90 Å². The molecule has 1 heterocycles. The summed E-state index contributed by atoms with van der Waals surface area (Å²) in [5.74, 6) is 0.797. The summed E-state index contributed by atoms with van der Waals surface area (Å²) in [6.07, 6.45) is 4.07. The SMILES string of the molecule is COc1ccc(C=O)c(C2=CCN(C)CC2)c1. The van der Waals surface area contributed by atoms with Crippen LogP contribution in [0.25, 0.3) is 5.57 Å². The summed E-state index contributed by atoms with van der Waals surface area (Å²) >= 11 is 0. The Labute approximate surface area is 102 Å². The van der Waals surface area contributed by atoms with Crippen molar-refractivity contribution in [3.63, 3.8) is 0 Å². The number of methoxy groups -OCH3 is 1. The lowest BCUT2D eigenvalue weighted by molar-refractivity contribution is 0.112. The fourth-order valence-corrected chi connectivity index (χ4v) is 2.06. The van der Waals surface area contributed by atoms with Crippen LogP contribution < -0.4 is 4.74 Å². The minimum Gasteiger partial charge on any atom is -0.497 e. The monoisotopic (exact) mass is 231 g/mol. The second kappa shape index (κ2) is 5.15. The van der Waals surface area contributed by atoms with Crippen molar-refractivity contribution in [2.75, 3.05) is 27.2 Å². The van der Waals surface area contributed by atoms with E-state index >= 15 is 0 Å². The summed E-state index contributed by atoms with van der Waals surface area (Å²) in [5, 5.41) is 0. The maximum absolute atomic E-state index is 11.1. The Hall–Kier alpha value is -1.61. The minimum absolute atomic E-state index is 0.738. The third-order valence-corrected chi connectivity index (χ3v) is 3.15. The van der Waals surface area contributed by atoms with E-state index in [4.69, 9.17) is 4.74 Å². The first-order chi connectivity index (χ1) is 8.24. The number of carbonyl (C=O) groups is 1. The molecule has 1 aliphatic heterocycles. The third-order valence-electron chi connectivity index (χ3n) is 3.15. The van der Waals surface area contributed by atoms with Crippen molar-refractivity contribution in [3.05, 3.63) is 35.4 Å². The number of hydrogen-bond acceptors (Lipinski definition) is 3. The first-order valence-electron chi connectivity index (χ1n) is 5.75. The Bertz CT molecular complexity index is 452. The van der Waals surface area contributed by atoms with Gasteiger partial charge in [0.2, 0.25) is 0 Å². The standard InChI is InChI=1S/C14H17NO2/c1-15-7-5-11(6-8-15)14-9-13(17-2)4-3-12(14)10-16/h3-5,9-10H,6-8H2,1-2H3. The lowest BCUT2D eigenvalue weighted by Crippen LogP contribution is -2.23. The fraction of sp³-hybridized carbons (Fsp3) is 0.357. The molecule has 0 saturated heterocycles. The predicted molar refractivity (Wildman–Crippen MR) is 68.5 cm³/mol. The van der Waals surface area contributed by atoms with E-state index in [0.29, 0.717) is 0 Å². The van der Waals surface area contributed by atoms with Gasteiger partial charge >= 0.3 is 0 Å². The van der Waals surface area contributed by atoms with E-state index in [2.05, 4.69) is 18.0 Å². The molecule has 3 heteroatoms. The first kappa shape index (κ1) is 11.9. The van der Waals surface area contributed by atoms with Crippen LogP contribution in [0.1, 0.15) is 22.3 Å². The maximum Gasteiger partial charge on any atom is 0.150 e. The van der Waals surface area contributed by atoms with E-state index < -0.39 is 0 Å². The number of hydrogen-bond donors (Lipinski definition) is 0. The van der Waals surface area contributed by atoms with E-state index in [0.717, 1.165) is 42.7 Å². The second-order valence-corrected chi connectivity index (χ2v) is 4.31. The molecule has 1 aromatic carbocycles. The highest BCUT2D eigenvalue weighted by molar-refractivity contribution is 5.86. The van der Waals surface area contributed by atoms with Crippen LogP contribution in [-0.2, 0) is 0 Å². The third kappa shape index (κ3) is 2.56. The highest BCUT2D eigenvalue weighted by Gasteiger charge is 2.13. The van der Waals surface area contributed by atoms with Gasteiger partial charge < -0.3 is 9.64 Å². The lowest BCUT2D eigenvalue weighted by Gasteiger charge is -2.23. The number of likely N-dealkylation sites (N-methyl/N-ethyl adjacent to an activating group) is 1. The summed E-state index contributed by atoms with van der Waals surface area (Å²) in [6, 6.07) is 5.59. The maximum atomic E-state index is 11.1. The molecule has 0 radical (unpaired) electrons. The normalized spacial score (nSPS) is 16.5. The Morgan fingerprint density at radius 2 is 2.24 bits per heavy atom. The molecule has 0 saturated carbocycles. The minimum atomic E-state index is 0.738. The van der Waals surface area contributed by atoms with Crippen molar-refractivity contribution in [3.8, 4) is 5.75 Å². The van der Waals surface area contributed by atoms with Gasteiger partial charge in [-0.1, -0.05) is 6.08 Å². The molecule has 3 nitrogen and oxygen atoms in total. The van der Waals surface area contributed by atoms with E-state index in [9.17, 15) is 4.79 Å². The largest absolute Gasteiger partial charge is 0.497 e. The van der Waals surface area contributed by atoms with E-state index in [1.54, 1.807) is 7.11 Å². The molecule has 0 amide bonds. The summed E-state index contributed by atoms with van der Waals surface area (Å²) in [6.45, 7) is 1.96. The Balaban J connectivity index is 2.39. The summed E-state index contributed by atoms with van der Waals surface area (Å²) in [7, 11) is 3.74. The van der Waals surface area contributed by atoms with Crippen LogP contribution in [0.5, 0.6) is 5.75 Å². The molecule has 0 bridgehead atoms. The number of nitrogens with zero attached hydrogens (tertiary/aromatic N) is 1. The molecule has 0 N–H and O–H groups in total. The molecule has 0 atom stereocenters. The predicted octanol–water partition coefficient (Wildman–Crippen LogP) is 2.23. The lowest BCUT2D eigenvalue weighted by atomic mass is 9.95. The number of carbonyl (C=O) groups excluding carboxylic acids is 1. The molecule has 0 spiro atoms. The van der Waals surface area contributed by atoms with Crippen LogP contribution >= 0.6 is 0 Å². The van der Waals surface area contributed by atoms with Gasteiger partial charge in [-0.05, 0) is 42.8 Å². The molecule has 2 rings (SSSR count). The molecule has 0 aliphatic carbocycles. The summed E-state index contributed by atoms with van der Waals surface area (Å²) in [5.41, 5.74) is 2.98. The highest BCUT2D eigenvalue weighted by Crippen LogP contribution is 2.27. The average Bonchev–Trinajstić information content (AvgIpc) is 2.39. The molecule has 90 valence electrons. The molecular weight excluding hydrogens is 214 g/mol. The molecular formula is C14H17NO2. The van der Waals surface area contributed by atoms with E-state index in [1.807, 2.05) is 18.2 Å². The van der Waals surface area contributed by atoms with Gasteiger partial charge in [0, 0.05) is 18.7 Å². The molecule has 17 heavy (non-hydrogen) atoms. The zero-order valence-electron chi connectivity index (χ0n) is 10.3. The highest BCUT2D eigenvalue weighted by atomic mass is 16.5. The fourth-order valence-electron chi connectivity index (χ4n) is 2.06. The number of benzene rings is 1. The van der Waals surface area contributed by atoms with Crippen LogP contribution in [-0.4, -0.2) is 38.4 Å². The van der Waals surface area contributed by atoms with Crippen LogP contribution in [0.2, 0.25) is 0 Å². The Morgan fingerprint density at radius 1 is 1.41 bits per heavy atom. The quantitative estimate of drug-likeness (QED) is 0.747. The zero-order valence-corrected chi connectivity index (χ0v) is 10.3. The van der Waals surface area contributed by atoms with Gasteiger partial charge in [-0.15, -0.1) is 0 Å². The topological polar surface area (TPSA) is 29.5 Å². The van der Waals surface area contributed by atoms with Gasteiger partial charge in [-0.2, -0.15) is 0 Å². The van der Waals surface area contributed by atoms with Crippen molar-refractivity contribution >= 4 is 11.9 Å². The van der Waals surface area contributed by atoms with Crippen LogP contribution in [0.3, 0.4) is 0 Å². The van der Waals surface area contributed by atoms with Gasteiger partial charge in [-0.3, -0.25) is 4.79 Å². The first-order valence-corrected chi connectivity index (χ1v) is 5.75. The molecule has 1 aliphatic rings. The van der Waals surface area contributed by atoms with Crippen molar-refractivity contribution in [1.29, 1.82) is 0 Å². The van der Waals surface area contributed by atoms with E-state index in [-0.39, 0.29) is 0 Å². The van der Waals surface area contributed by atoms with Crippen molar-refractivity contribution in [2.24, 2.45) is 0 Å². The average molecular weight is 231 g/mol. The summed E-state index contributed by atoms with van der Waals surface area (Å²) in [4.78, 5) is 13.3. The number of aldehydes is 1. The van der Waals surface area contributed by atoms with Gasteiger partial charge in [0.25, 0.3) is 0 Å². The van der Waals surface area contributed by atoms with Crippen LogP contribution in [0.15, 0.2) is 24.3 Å².